The molecule has 22 heteroatoms. The Bertz CT molecular complexity index is 5220. The highest BCUT2D eigenvalue weighted by atomic mass is 32.2. The highest BCUT2D eigenvalue weighted by Gasteiger charge is 2.11. The maximum absolute atomic E-state index is 5.23. The summed E-state index contributed by atoms with van der Waals surface area (Å²) in [7, 11) is 10.0. The minimum Gasteiger partial charge on any atom is -0.497 e. The van der Waals surface area contributed by atoms with E-state index in [0.29, 0.717) is 0 Å². The predicted molar refractivity (Wildman–Crippen MR) is 420 cm³/mol. The second kappa shape index (κ2) is 35.7. The lowest BCUT2D eigenvalue weighted by atomic mass is 10.1. The Labute approximate surface area is 612 Å². The first kappa shape index (κ1) is 71.3. The molecule has 0 spiro atoms. The van der Waals surface area contributed by atoms with Crippen LogP contribution in [0.2, 0.25) is 0 Å². The molecule has 0 aliphatic heterocycles. The number of aromatic amines is 5. The van der Waals surface area contributed by atoms with Crippen LogP contribution < -0.4 is 28.4 Å². The van der Waals surface area contributed by atoms with Crippen molar-refractivity contribution in [3.8, 4) is 34.5 Å². The van der Waals surface area contributed by atoms with E-state index in [-0.39, 0.29) is 0 Å². The van der Waals surface area contributed by atoms with Gasteiger partial charge >= 0.3 is 0 Å². The molecule has 10 aromatic carbocycles. The molecule has 0 unspecified atom stereocenters. The number of aromatic nitrogens is 11. The van der Waals surface area contributed by atoms with Gasteiger partial charge in [-0.15, -0.1) is 0 Å². The molecule has 0 atom stereocenters. The van der Waals surface area contributed by atoms with E-state index in [2.05, 4.69) is 165 Å². The average Bonchev–Trinajstić information content (AvgIpc) is 1.66. The minimum atomic E-state index is 0.829. The molecule has 0 fully saturated rings. The number of hydrogen-bond acceptors (Lipinski definition) is 17. The van der Waals surface area contributed by atoms with Crippen molar-refractivity contribution < 1.29 is 28.4 Å². The van der Waals surface area contributed by atoms with E-state index >= 15 is 0 Å². The summed E-state index contributed by atoms with van der Waals surface area (Å²) in [4.78, 5) is 43.5. The van der Waals surface area contributed by atoms with Crippen molar-refractivity contribution in [1.29, 1.82) is 0 Å². The Morgan fingerprint density at radius 2 is 0.588 bits per heavy atom. The second-order valence-corrected chi connectivity index (χ2v) is 27.7. The molecule has 5 N–H and O–H groups in total. The van der Waals surface area contributed by atoms with E-state index in [9.17, 15) is 0 Å². The molecule has 16 aromatic rings. The fraction of sp³-hybridized carbons (Fsp3) is 0.150. The van der Waals surface area contributed by atoms with Crippen LogP contribution in [0.5, 0.6) is 34.5 Å². The molecule has 0 aliphatic rings. The first-order chi connectivity index (χ1) is 50.0. The summed E-state index contributed by atoms with van der Waals surface area (Å²) in [6.07, 6.45) is 3.61. The van der Waals surface area contributed by atoms with Gasteiger partial charge in [0.15, 0.2) is 25.8 Å². The van der Waals surface area contributed by atoms with Gasteiger partial charge in [0.25, 0.3) is 0 Å². The van der Waals surface area contributed by atoms with Crippen molar-refractivity contribution in [3.05, 3.63) is 270 Å². The SMILES string of the molecule is COc1ccc(CSc2nc3ccc(OC)cc3[nH]2)cc1.COc1ccc2nc(SCc3ccccc3)[nH]c2c1.COc1ccc2nc(SCc3ccncc3)[nH]c2c1.COc1cccc(CSc2nc3ccc(OC)cc3[nH]2)c1.Cc1ccc2nc(SCc3ccc4ccccc4c3)[nH]c2c1. The minimum absolute atomic E-state index is 0.829. The zero-order valence-electron chi connectivity index (χ0n) is 57.2. The standard InChI is InChI=1S/C19H16N2S.2C16H16N2O2S.C15H14N2OS.C14H13N3OS/c1-13-6-9-17-18(10-13)21-19(20-17)22-12-14-7-8-15-4-2-3-5-16(15)11-14;1-19-12-5-3-11(4-6-12)10-21-16-17-14-8-7-13(20-2)9-15(14)18-16;1-19-12-5-3-4-11(8-12)10-21-16-17-14-7-6-13(20-2)9-15(14)18-16;1-18-12-7-8-13-14(9-12)17-15(16-13)19-10-11-5-3-2-4-6-11;1-18-11-2-3-12-13(8-11)17-14(16-12)19-9-10-4-6-15-7-5-10/h2-11H,12H2,1H3,(H,20,21);2*3-9H,10H2,1-2H3,(H,17,18);2-9H,10H2,1H3,(H,16,17);2-8H,9H2,1H3,(H,16,17). The maximum atomic E-state index is 5.23. The van der Waals surface area contributed by atoms with Gasteiger partial charge in [0, 0.05) is 65.4 Å². The molecule has 0 amide bonds. The largest absolute Gasteiger partial charge is 0.497 e. The number of thioether (sulfide) groups is 5. The van der Waals surface area contributed by atoms with Crippen molar-refractivity contribution in [3.63, 3.8) is 0 Å². The van der Waals surface area contributed by atoms with Gasteiger partial charge in [0.2, 0.25) is 0 Å². The summed E-state index contributed by atoms with van der Waals surface area (Å²) in [5, 5.41) is 7.23. The number of hydrogen-bond donors (Lipinski definition) is 5. The molecule has 6 heterocycles. The third kappa shape index (κ3) is 19.9. The van der Waals surface area contributed by atoms with Gasteiger partial charge in [0.1, 0.15) is 34.5 Å². The molecule has 6 aromatic heterocycles. The van der Waals surface area contributed by atoms with Crippen LogP contribution in [0.1, 0.15) is 33.4 Å². The number of aryl methyl sites for hydroxylation is 1. The van der Waals surface area contributed by atoms with Crippen LogP contribution >= 0.6 is 58.8 Å². The van der Waals surface area contributed by atoms with Crippen molar-refractivity contribution in [2.24, 2.45) is 0 Å². The van der Waals surface area contributed by atoms with E-state index in [4.69, 9.17) is 28.4 Å². The average molecular weight is 1450 g/mol. The molecule has 0 bridgehead atoms. The zero-order chi connectivity index (χ0) is 70.4. The molecule has 102 heavy (non-hydrogen) atoms. The summed E-state index contributed by atoms with van der Waals surface area (Å²) in [5.74, 6) is 9.50. The van der Waals surface area contributed by atoms with Crippen LogP contribution in [-0.2, 0) is 28.8 Å². The number of H-pyrrole nitrogens is 5. The maximum Gasteiger partial charge on any atom is 0.166 e. The van der Waals surface area contributed by atoms with Crippen LogP contribution in [0.3, 0.4) is 0 Å². The van der Waals surface area contributed by atoms with E-state index in [1.165, 1.54) is 44.2 Å². The number of methoxy groups -OCH3 is 6. The third-order valence-electron chi connectivity index (χ3n) is 15.9. The first-order valence-corrected chi connectivity index (χ1v) is 37.4. The first-order valence-electron chi connectivity index (χ1n) is 32.5. The summed E-state index contributed by atoms with van der Waals surface area (Å²) in [6.45, 7) is 2.10. The molecule has 17 nitrogen and oxygen atoms in total. The van der Waals surface area contributed by atoms with E-state index in [0.717, 1.165) is 144 Å². The van der Waals surface area contributed by atoms with Crippen molar-refractivity contribution in [2.75, 3.05) is 42.7 Å². The van der Waals surface area contributed by atoms with E-state index in [1.54, 1.807) is 114 Å². The number of rotatable bonds is 21. The normalized spacial score (nSPS) is 10.9. The predicted octanol–water partition coefficient (Wildman–Crippen LogP) is 20.2. The van der Waals surface area contributed by atoms with Crippen LogP contribution in [0.4, 0.5) is 0 Å². The highest BCUT2D eigenvalue weighted by molar-refractivity contribution is 7.99. The molecule has 0 radical (unpaired) electrons. The second-order valence-electron chi connectivity index (χ2n) is 22.9. The lowest BCUT2D eigenvalue weighted by Gasteiger charge is -2.02. The topological polar surface area (TPSA) is 212 Å². The quantitative estimate of drug-likeness (QED) is 0.0423. The summed E-state index contributed by atoms with van der Waals surface area (Å²) in [6, 6.07) is 75.3. The van der Waals surface area contributed by atoms with Gasteiger partial charge < -0.3 is 53.3 Å². The monoisotopic (exact) mass is 1450 g/mol. The van der Waals surface area contributed by atoms with Gasteiger partial charge in [-0.25, -0.2) is 24.9 Å². The fourth-order valence-electron chi connectivity index (χ4n) is 10.4. The zero-order valence-corrected chi connectivity index (χ0v) is 61.3. The Kier molecular flexibility index (Phi) is 25.0. The number of benzene rings is 10. The number of ether oxygens (including phenoxy) is 6. The third-order valence-corrected chi connectivity index (χ3v) is 20.6. The number of fused-ring (bicyclic) bond motifs is 6. The van der Waals surface area contributed by atoms with Crippen LogP contribution in [-0.4, -0.2) is 97.5 Å². The van der Waals surface area contributed by atoms with Crippen molar-refractivity contribution in [1.82, 2.24) is 54.8 Å². The number of imidazole rings is 5. The van der Waals surface area contributed by atoms with Crippen molar-refractivity contribution >= 4 is 125 Å². The fourth-order valence-corrected chi connectivity index (χ4v) is 14.6. The molecule has 0 saturated heterocycles. The van der Waals surface area contributed by atoms with Crippen LogP contribution in [0.15, 0.2) is 263 Å². The van der Waals surface area contributed by atoms with Crippen LogP contribution in [0.25, 0.3) is 65.9 Å². The molecule has 0 saturated carbocycles. The smallest absolute Gasteiger partial charge is 0.166 e. The van der Waals surface area contributed by atoms with Crippen LogP contribution in [0, 0.1) is 6.92 Å². The summed E-state index contributed by atoms with van der Waals surface area (Å²) < 4.78 is 31.2. The Hall–Kier alpha value is -10.5. The number of pyridine rings is 1. The van der Waals surface area contributed by atoms with Gasteiger partial charge in [-0.2, -0.15) is 0 Å². The molecule has 0 aliphatic carbocycles. The lowest BCUT2D eigenvalue weighted by Crippen LogP contribution is -1.86. The number of nitrogens with one attached hydrogen (secondary N) is 5. The molecule has 16 rings (SSSR count). The van der Waals surface area contributed by atoms with Crippen molar-refractivity contribution in [2.45, 2.75) is 61.5 Å². The van der Waals surface area contributed by atoms with E-state index < -0.39 is 0 Å². The van der Waals surface area contributed by atoms with Gasteiger partial charge in [-0.3, -0.25) is 4.98 Å². The summed E-state index contributed by atoms with van der Waals surface area (Å²) in [5.41, 5.74) is 17.5. The Balaban J connectivity index is 0.000000121. The van der Waals surface area contributed by atoms with Gasteiger partial charge in [-0.1, -0.05) is 162 Å². The Morgan fingerprint density at radius 3 is 1.02 bits per heavy atom. The Morgan fingerprint density at radius 1 is 0.265 bits per heavy atom. The molecular weight excluding hydrogens is 1370 g/mol. The van der Waals surface area contributed by atoms with Gasteiger partial charge in [0.05, 0.1) is 97.8 Å². The number of nitrogens with zero attached hydrogens (tertiary/aromatic N) is 6. The van der Waals surface area contributed by atoms with Gasteiger partial charge in [-0.05, 0) is 148 Å². The highest BCUT2D eigenvalue weighted by Crippen LogP contribution is 2.32. The van der Waals surface area contributed by atoms with E-state index in [1.807, 2.05) is 121 Å². The summed E-state index contributed by atoms with van der Waals surface area (Å²) >= 11 is 8.48. The lowest BCUT2D eigenvalue weighted by molar-refractivity contribution is 0.414. The molecule has 516 valence electrons. The molecular formula is C80H75N11O6S5.